The van der Waals surface area contributed by atoms with E-state index in [0.717, 1.165) is 39.1 Å². The molecule has 0 amide bonds. The zero-order valence-corrected chi connectivity index (χ0v) is 16.3. The third kappa shape index (κ3) is 3.38. The van der Waals surface area contributed by atoms with Crippen LogP contribution in [0.4, 0.5) is 5.69 Å². The van der Waals surface area contributed by atoms with Gasteiger partial charge >= 0.3 is 0 Å². The fourth-order valence-corrected chi connectivity index (χ4v) is 3.54. The number of aromatic nitrogens is 2. The largest absolute Gasteiger partial charge is 0.318 e. The van der Waals surface area contributed by atoms with Crippen LogP contribution in [-0.2, 0) is 0 Å². The lowest BCUT2D eigenvalue weighted by atomic mass is 10.2. The topological polar surface area (TPSA) is 30.2 Å². The van der Waals surface area contributed by atoms with Crippen LogP contribution in [0.15, 0.2) is 65.8 Å². The number of halogens is 1. The first-order chi connectivity index (χ1) is 13.0. The third-order valence-corrected chi connectivity index (χ3v) is 5.06. The maximum absolute atomic E-state index is 6.10. The Morgan fingerprint density at radius 2 is 1.85 bits per heavy atom. The number of nitrogens with zero attached hydrogens (tertiary/aromatic N) is 3. The lowest BCUT2D eigenvalue weighted by Crippen LogP contribution is -1.99. The minimum Gasteiger partial charge on any atom is -0.318 e. The van der Waals surface area contributed by atoms with E-state index in [1.807, 2.05) is 43.6 Å². The molecule has 3 nitrogen and oxygen atoms in total. The van der Waals surface area contributed by atoms with Crippen molar-refractivity contribution in [1.29, 1.82) is 0 Å². The lowest BCUT2D eigenvalue weighted by molar-refractivity contribution is 0.967. The fourth-order valence-electron chi connectivity index (χ4n) is 3.38. The summed E-state index contributed by atoms with van der Waals surface area (Å²) in [5, 5.41) is 1.83. The second-order valence-corrected chi connectivity index (χ2v) is 7.17. The lowest BCUT2D eigenvalue weighted by Gasteiger charge is -2.10. The molecule has 0 aliphatic rings. The standard InChI is InChI=1S/C23H20ClN3/c1-15-6-7-20(24)13-23(15)26-14-19-11-16(2)27(17(19)3)21-8-9-22-18(12-21)5-4-10-25-22/h4-14H,1-3H3. The number of aliphatic imine (C=N–C) groups is 1. The fraction of sp³-hybridized carbons (Fsp3) is 0.130. The minimum absolute atomic E-state index is 0.697. The zero-order chi connectivity index (χ0) is 19.0. The molecular formula is C23H20ClN3. The Kier molecular flexibility index (Phi) is 4.54. The minimum atomic E-state index is 0.697. The molecule has 134 valence electrons. The van der Waals surface area contributed by atoms with Gasteiger partial charge in [-0.1, -0.05) is 23.7 Å². The molecule has 0 aliphatic heterocycles. The summed E-state index contributed by atoms with van der Waals surface area (Å²) in [6.07, 6.45) is 3.74. The van der Waals surface area contributed by atoms with E-state index in [2.05, 4.69) is 58.7 Å². The van der Waals surface area contributed by atoms with Crippen LogP contribution in [0, 0.1) is 20.8 Å². The molecule has 0 N–H and O–H groups in total. The molecule has 0 saturated carbocycles. The van der Waals surface area contributed by atoms with Crippen molar-refractivity contribution >= 4 is 34.4 Å². The average molecular weight is 374 g/mol. The number of rotatable bonds is 3. The van der Waals surface area contributed by atoms with Gasteiger partial charge in [0.05, 0.1) is 11.2 Å². The van der Waals surface area contributed by atoms with E-state index in [9.17, 15) is 0 Å². The van der Waals surface area contributed by atoms with Gasteiger partial charge in [-0.15, -0.1) is 0 Å². The van der Waals surface area contributed by atoms with Crippen LogP contribution in [0.2, 0.25) is 5.02 Å². The van der Waals surface area contributed by atoms with Gasteiger partial charge in [0.2, 0.25) is 0 Å². The van der Waals surface area contributed by atoms with Crippen LogP contribution >= 0.6 is 11.6 Å². The summed E-state index contributed by atoms with van der Waals surface area (Å²) >= 11 is 6.10. The van der Waals surface area contributed by atoms with Crippen molar-refractivity contribution in [3.63, 3.8) is 0 Å². The molecule has 2 heterocycles. The van der Waals surface area contributed by atoms with Crippen molar-refractivity contribution in [1.82, 2.24) is 9.55 Å². The van der Waals surface area contributed by atoms with Crippen molar-refractivity contribution in [2.45, 2.75) is 20.8 Å². The van der Waals surface area contributed by atoms with Crippen LogP contribution in [-0.4, -0.2) is 15.8 Å². The summed E-state index contributed by atoms with van der Waals surface area (Å²) in [6, 6.07) is 18.3. The number of benzene rings is 2. The van der Waals surface area contributed by atoms with E-state index in [-0.39, 0.29) is 0 Å². The maximum atomic E-state index is 6.10. The van der Waals surface area contributed by atoms with E-state index in [1.54, 1.807) is 0 Å². The van der Waals surface area contributed by atoms with E-state index >= 15 is 0 Å². The molecule has 2 aromatic heterocycles. The molecular weight excluding hydrogens is 354 g/mol. The highest BCUT2D eigenvalue weighted by Gasteiger charge is 2.10. The number of hydrogen-bond acceptors (Lipinski definition) is 2. The number of hydrogen-bond donors (Lipinski definition) is 0. The van der Waals surface area contributed by atoms with E-state index in [0.29, 0.717) is 5.02 Å². The van der Waals surface area contributed by atoms with Crippen LogP contribution < -0.4 is 0 Å². The van der Waals surface area contributed by atoms with E-state index < -0.39 is 0 Å². The van der Waals surface area contributed by atoms with Gasteiger partial charge in [-0.3, -0.25) is 9.98 Å². The Morgan fingerprint density at radius 1 is 1.00 bits per heavy atom. The summed E-state index contributed by atoms with van der Waals surface area (Å²) in [6.45, 7) is 6.27. The van der Waals surface area contributed by atoms with Crippen molar-refractivity contribution < 1.29 is 0 Å². The summed E-state index contributed by atoms with van der Waals surface area (Å²) in [4.78, 5) is 9.07. The quantitative estimate of drug-likeness (QED) is 0.384. The van der Waals surface area contributed by atoms with E-state index in [1.165, 1.54) is 5.69 Å². The van der Waals surface area contributed by atoms with Crippen LogP contribution in [0.5, 0.6) is 0 Å². The molecule has 0 radical (unpaired) electrons. The van der Waals surface area contributed by atoms with Gasteiger partial charge in [-0.2, -0.15) is 0 Å². The summed E-state index contributed by atoms with van der Waals surface area (Å²) in [5.41, 5.74) is 7.54. The van der Waals surface area contributed by atoms with Crippen molar-refractivity contribution in [3.05, 3.63) is 88.3 Å². The number of fused-ring (bicyclic) bond motifs is 1. The molecule has 0 saturated heterocycles. The Bertz CT molecular complexity index is 1170. The van der Waals surface area contributed by atoms with Crippen molar-refractivity contribution in [2.75, 3.05) is 0 Å². The summed E-state index contributed by atoms with van der Waals surface area (Å²) < 4.78 is 2.25. The Hall–Kier alpha value is -2.91. The van der Waals surface area contributed by atoms with Gasteiger partial charge in [-0.25, -0.2) is 0 Å². The summed E-state index contributed by atoms with van der Waals surface area (Å²) in [7, 11) is 0. The predicted octanol–water partition coefficient (Wildman–Crippen LogP) is 6.35. The molecule has 4 aromatic rings. The molecule has 4 rings (SSSR count). The van der Waals surface area contributed by atoms with Crippen LogP contribution in [0.25, 0.3) is 16.6 Å². The smallest absolute Gasteiger partial charge is 0.0703 e. The van der Waals surface area contributed by atoms with Crippen LogP contribution in [0.3, 0.4) is 0 Å². The van der Waals surface area contributed by atoms with Gasteiger partial charge in [0.25, 0.3) is 0 Å². The third-order valence-electron chi connectivity index (χ3n) is 4.83. The number of pyridine rings is 1. The Labute approximate surface area is 164 Å². The van der Waals surface area contributed by atoms with Gasteiger partial charge in [-0.05, 0) is 68.8 Å². The highest BCUT2D eigenvalue weighted by molar-refractivity contribution is 6.30. The van der Waals surface area contributed by atoms with Gasteiger partial charge in [0.1, 0.15) is 0 Å². The van der Waals surface area contributed by atoms with Gasteiger partial charge in [0, 0.05) is 45.5 Å². The normalized spacial score (nSPS) is 11.6. The molecule has 0 unspecified atom stereocenters. The molecule has 0 atom stereocenters. The molecule has 2 aromatic carbocycles. The SMILES string of the molecule is Cc1ccc(Cl)cc1N=Cc1cc(C)n(-c2ccc3ncccc3c2)c1C. The molecule has 0 aliphatic carbocycles. The Balaban J connectivity index is 1.75. The first kappa shape index (κ1) is 17.5. The highest BCUT2D eigenvalue weighted by atomic mass is 35.5. The van der Waals surface area contributed by atoms with Gasteiger partial charge < -0.3 is 4.57 Å². The maximum Gasteiger partial charge on any atom is 0.0703 e. The second-order valence-electron chi connectivity index (χ2n) is 6.73. The molecule has 27 heavy (non-hydrogen) atoms. The second kappa shape index (κ2) is 7.01. The Morgan fingerprint density at radius 3 is 2.70 bits per heavy atom. The van der Waals surface area contributed by atoms with E-state index in [4.69, 9.17) is 11.6 Å². The van der Waals surface area contributed by atoms with Gasteiger partial charge in [0.15, 0.2) is 0 Å². The van der Waals surface area contributed by atoms with Crippen LogP contribution in [0.1, 0.15) is 22.5 Å². The first-order valence-electron chi connectivity index (χ1n) is 8.87. The van der Waals surface area contributed by atoms with Crippen molar-refractivity contribution in [3.8, 4) is 5.69 Å². The summed E-state index contributed by atoms with van der Waals surface area (Å²) in [5.74, 6) is 0. The monoisotopic (exact) mass is 373 g/mol. The highest BCUT2D eigenvalue weighted by Crippen LogP contribution is 2.25. The number of aryl methyl sites for hydroxylation is 2. The molecule has 0 spiro atoms. The first-order valence-corrected chi connectivity index (χ1v) is 9.25. The zero-order valence-electron chi connectivity index (χ0n) is 15.6. The molecule has 0 fully saturated rings. The molecule has 0 bridgehead atoms. The predicted molar refractivity (Wildman–Crippen MR) is 114 cm³/mol. The van der Waals surface area contributed by atoms with Crippen molar-refractivity contribution in [2.24, 2.45) is 4.99 Å². The average Bonchev–Trinajstić information content (AvgIpc) is 2.95. The molecule has 4 heteroatoms.